The summed E-state index contributed by atoms with van der Waals surface area (Å²) >= 11 is 0. The average molecular weight is 420 g/mol. The molecule has 0 spiro atoms. The molecular weight excluding hydrogens is 399 g/mol. The first-order valence-corrected chi connectivity index (χ1v) is 9.95. The smallest absolute Gasteiger partial charge is 0.278 e. The van der Waals surface area contributed by atoms with E-state index in [1.165, 1.54) is 30.5 Å². The van der Waals surface area contributed by atoms with Gasteiger partial charge in [-0.2, -0.15) is 0 Å². The van der Waals surface area contributed by atoms with Crippen molar-refractivity contribution in [3.8, 4) is 5.75 Å². The van der Waals surface area contributed by atoms with Gasteiger partial charge in [-0.3, -0.25) is 14.5 Å². The molecule has 0 saturated carbocycles. The van der Waals surface area contributed by atoms with Gasteiger partial charge in [-0.15, -0.1) is 0 Å². The van der Waals surface area contributed by atoms with Gasteiger partial charge in [0.25, 0.3) is 11.8 Å². The Kier molecular flexibility index (Phi) is 5.84. The highest BCUT2D eigenvalue weighted by atomic mass is 19.1. The van der Waals surface area contributed by atoms with Gasteiger partial charge in [-0.25, -0.2) is 4.39 Å². The number of amides is 2. The molecule has 1 aromatic heterocycles. The van der Waals surface area contributed by atoms with E-state index in [-0.39, 0.29) is 17.8 Å². The third-order valence-electron chi connectivity index (χ3n) is 4.79. The summed E-state index contributed by atoms with van der Waals surface area (Å²) in [5, 5.41) is 2.99. The van der Waals surface area contributed by atoms with Gasteiger partial charge in [0.1, 0.15) is 23.0 Å². The zero-order chi connectivity index (χ0) is 21.8. The van der Waals surface area contributed by atoms with Gasteiger partial charge >= 0.3 is 0 Å². The standard InChI is InChI=1S/C24H21FN2O4/c1-2-13-30-19-11-5-16(6-12-19)21-22(26-18-9-7-17(25)8-10-18)24(29)27(23(21)28)15-20-4-3-14-31-20/h3-12,14,26H,2,13,15H2,1H3. The molecule has 2 aromatic carbocycles. The van der Waals surface area contributed by atoms with Gasteiger partial charge < -0.3 is 14.5 Å². The molecule has 0 saturated heterocycles. The number of rotatable bonds is 8. The second kappa shape index (κ2) is 8.87. The normalized spacial score (nSPS) is 13.8. The minimum Gasteiger partial charge on any atom is -0.494 e. The predicted molar refractivity (Wildman–Crippen MR) is 113 cm³/mol. The first kappa shape index (κ1) is 20.4. The number of anilines is 1. The molecule has 0 unspecified atom stereocenters. The van der Waals surface area contributed by atoms with Crippen LogP contribution in [0.4, 0.5) is 10.1 Å². The van der Waals surface area contributed by atoms with Gasteiger partial charge in [-0.1, -0.05) is 19.1 Å². The maximum atomic E-state index is 13.3. The van der Waals surface area contributed by atoms with E-state index >= 15 is 0 Å². The van der Waals surface area contributed by atoms with Crippen molar-refractivity contribution in [3.05, 3.63) is 89.8 Å². The number of imide groups is 1. The van der Waals surface area contributed by atoms with E-state index in [1.54, 1.807) is 36.4 Å². The van der Waals surface area contributed by atoms with Crippen LogP contribution in [0.25, 0.3) is 5.57 Å². The highest BCUT2D eigenvalue weighted by molar-refractivity contribution is 6.36. The van der Waals surface area contributed by atoms with E-state index in [2.05, 4.69) is 5.32 Å². The van der Waals surface area contributed by atoms with Crippen molar-refractivity contribution in [1.29, 1.82) is 0 Å². The second-order valence-corrected chi connectivity index (χ2v) is 7.03. The fraction of sp³-hybridized carbons (Fsp3) is 0.167. The monoisotopic (exact) mass is 420 g/mol. The van der Waals surface area contributed by atoms with Crippen LogP contribution in [0, 0.1) is 5.82 Å². The highest BCUT2D eigenvalue weighted by Crippen LogP contribution is 2.32. The number of nitrogens with one attached hydrogen (secondary N) is 1. The lowest BCUT2D eigenvalue weighted by Gasteiger charge is -2.13. The third-order valence-corrected chi connectivity index (χ3v) is 4.79. The zero-order valence-corrected chi connectivity index (χ0v) is 16.9. The van der Waals surface area contributed by atoms with Crippen molar-refractivity contribution >= 4 is 23.1 Å². The van der Waals surface area contributed by atoms with E-state index in [0.29, 0.717) is 29.4 Å². The highest BCUT2D eigenvalue weighted by Gasteiger charge is 2.39. The van der Waals surface area contributed by atoms with Crippen molar-refractivity contribution in [3.63, 3.8) is 0 Å². The summed E-state index contributed by atoms with van der Waals surface area (Å²) in [5.41, 5.74) is 1.44. The number of benzene rings is 2. The average Bonchev–Trinajstić information content (AvgIpc) is 3.37. The maximum absolute atomic E-state index is 13.3. The van der Waals surface area contributed by atoms with E-state index in [1.807, 2.05) is 6.92 Å². The summed E-state index contributed by atoms with van der Waals surface area (Å²) in [6, 6.07) is 16.0. The maximum Gasteiger partial charge on any atom is 0.278 e. The Balaban J connectivity index is 1.69. The van der Waals surface area contributed by atoms with Crippen LogP contribution in [0.15, 0.2) is 77.0 Å². The Bertz CT molecular complexity index is 1100. The summed E-state index contributed by atoms with van der Waals surface area (Å²) in [7, 11) is 0. The molecule has 3 aromatic rings. The van der Waals surface area contributed by atoms with Crippen LogP contribution < -0.4 is 10.1 Å². The quantitative estimate of drug-likeness (QED) is 0.540. The van der Waals surface area contributed by atoms with Crippen LogP contribution in [0.1, 0.15) is 24.7 Å². The summed E-state index contributed by atoms with van der Waals surface area (Å²) in [6.07, 6.45) is 2.37. The largest absolute Gasteiger partial charge is 0.494 e. The first-order chi connectivity index (χ1) is 15.1. The minimum atomic E-state index is -0.480. The molecule has 0 radical (unpaired) electrons. The lowest BCUT2D eigenvalue weighted by atomic mass is 10.0. The van der Waals surface area contributed by atoms with Crippen molar-refractivity contribution in [1.82, 2.24) is 4.90 Å². The molecule has 0 bridgehead atoms. The number of carbonyl (C=O) groups is 2. The predicted octanol–water partition coefficient (Wildman–Crippen LogP) is 4.60. The molecular formula is C24H21FN2O4. The van der Waals surface area contributed by atoms with Crippen molar-refractivity contribution < 1.29 is 23.1 Å². The number of nitrogens with zero attached hydrogens (tertiary/aromatic N) is 1. The Morgan fingerprint density at radius 1 is 1.00 bits per heavy atom. The molecule has 0 aliphatic carbocycles. The molecule has 2 heterocycles. The summed E-state index contributed by atoms with van der Waals surface area (Å²) in [6.45, 7) is 2.62. The number of furan rings is 1. The van der Waals surface area contributed by atoms with Crippen LogP contribution >= 0.6 is 0 Å². The summed E-state index contributed by atoms with van der Waals surface area (Å²) in [5.74, 6) is -0.133. The fourth-order valence-corrected chi connectivity index (χ4v) is 3.28. The zero-order valence-electron chi connectivity index (χ0n) is 16.9. The number of hydrogen-bond acceptors (Lipinski definition) is 5. The van der Waals surface area contributed by atoms with Crippen LogP contribution in [0.3, 0.4) is 0 Å². The van der Waals surface area contributed by atoms with Gasteiger partial charge in [-0.05, 0) is 60.5 Å². The molecule has 31 heavy (non-hydrogen) atoms. The lowest BCUT2D eigenvalue weighted by Crippen LogP contribution is -2.31. The second-order valence-electron chi connectivity index (χ2n) is 7.03. The number of ether oxygens (including phenoxy) is 1. The molecule has 2 amide bonds. The van der Waals surface area contributed by atoms with Gasteiger partial charge in [0.15, 0.2) is 0 Å². The number of hydrogen-bond donors (Lipinski definition) is 1. The van der Waals surface area contributed by atoms with Gasteiger partial charge in [0.2, 0.25) is 0 Å². The number of carbonyl (C=O) groups excluding carboxylic acids is 2. The molecule has 158 valence electrons. The van der Waals surface area contributed by atoms with Crippen LogP contribution in [0.2, 0.25) is 0 Å². The number of halogens is 1. The summed E-state index contributed by atoms with van der Waals surface area (Å²) in [4.78, 5) is 27.5. The third kappa shape index (κ3) is 4.35. The van der Waals surface area contributed by atoms with E-state index < -0.39 is 17.6 Å². The molecule has 1 N–H and O–H groups in total. The van der Waals surface area contributed by atoms with Gasteiger partial charge in [0.05, 0.1) is 25.0 Å². The topological polar surface area (TPSA) is 71.8 Å². The SMILES string of the molecule is CCCOc1ccc(C2=C(Nc3ccc(F)cc3)C(=O)N(Cc3ccco3)C2=O)cc1. The fourth-order valence-electron chi connectivity index (χ4n) is 3.28. The minimum absolute atomic E-state index is 0.0143. The Labute approximate surface area is 178 Å². The Morgan fingerprint density at radius 2 is 1.74 bits per heavy atom. The summed E-state index contributed by atoms with van der Waals surface area (Å²) < 4.78 is 24.2. The first-order valence-electron chi connectivity index (χ1n) is 9.95. The van der Waals surface area contributed by atoms with E-state index in [4.69, 9.17) is 9.15 Å². The van der Waals surface area contributed by atoms with Crippen molar-refractivity contribution in [2.75, 3.05) is 11.9 Å². The van der Waals surface area contributed by atoms with E-state index in [0.717, 1.165) is 11.3 Å². The van der Waals surface area contributed by atoms with Gasteiger partial charge in [0, 0.05) is 5.69 Å². The molecule has 1 aliphatic heterocycles. The van der Waals surface area contributed by atoms with Crippen molar-refractivity contribution in [2.45, 2.75) is 19.9 Å². The van der Waals surface area contributed by atoms with Crippen LogP contribution in [0.5, 0.6) is 5.75 Å². The molecule has 4 rings (SSSR count). The molecule has 0 atom stereocenters. The molecule has 6 nitrogen and oxygen atoms in total. The Morgan fingerprint density at radius 3 is 2.39 bits per heavy atom. The molecule has 7 heteroatoms. The molecule has 0 fully saturated rings. The van der Waals surface area contributed by atoms with Crippen molar-refractivity contribution in [2.24, 2.45) is 0 Å². The van der Waals surface area contributed by atoms with Crippen LogP contribution in [-0.4, -0.2) is 23.3 Å². The van der Waals surface area contributed by atoms with E-state index in [9.17, 15) is 14.0 Å². The van der Waals surface area contributed by atoms with Crippen LogP contribution in [-0.2, 0) is 16.1 Å². The Hall–Kier alpha value is -3.87. The molecule has 1 aliphatic rings. The lowest BCUT2D eigenvalue weighted by molar-refractivity contribution is -0.137.